The quantitative estimate of drug-likeness (QED) is 0.552. The van der Waals surface area contributed by atoms with Gasteiger partial charge in [0.25, 0.3) is 5.91 Å². The number of rotatable bonds is 5. The van der Waals surface area contributed by atoms with Crippen LogP contribution in [-0.4, -0.2) is 36.8 Å². The summed E-state index contributed by atoms with van der Waals surface area (Å²) in [5.74, 6) is -0.747. The molecule has 0 aliphatic carbocycles. The Bertz CT molecular complexity index is 534. The van der Waals surface area contributed by atoms with Crippen LogP contribution in [0.4, 0.5) is 5.69 Å². The van der Waals surface area contributed by atoms with Crippen molar-refractivity contribution in [2.45, 2.75) is 19.8 Å². The number of sulfonamides is 1. The lowest BCUT2D eigenvalue weighted by Crippen LogP contribution is -2.32. The van der Waals surface area contributed by atoms with Crippen molar-refractivity contribution in [1.82, 2.24) is 15.5 Å². The Morgan fingerprint density at radius 1 is 1.50 bits per heavy atom. The molecule has 0 aromatic carbocycles. The summed E-state index contributed by atoms with van der Waals surface area (Å²) in [5, 5.41) is 13.7. The largest absolute Gasteiger partial charge is 0.395 e. The van der Waals surface area contributed by atoms with E-state index in [1.54, 1.807) is 0 Å². The highest BCUT2D eigenvalue weighted by atomic mass is 32.2. The van der Waals surface area contributed by atoms with Gasteiger partial charge < -0.3 is 11.1 Å². The molecule has 0 radical (unpaired) electrons. The average Bonchev–Trinajstić information content (AvgIpc) is 2.57. The maximum absolute atomic E-state index is 11.7. The number of hydrogen-bond acceptors (Lipinski definition) is 5. The van der Waals surface area contributed by atoms with Gasteiger partial charge in [-0.1, -0.05) is 13.8 Å². The van der Waals surface area contributed by atoms with Gasteiger partial charge in [0.05, 0.1) is 17.1 Å². The summed E-state index contributed by atoms with van der Waals surface area (Å²) < 4.78 is 21.4. The molecular weight excluding hydrogens is 258 g/mol. The van der Waals surface area contributed by atoms with Gasteiger partial charge in [0, 0.05) is 6.54 Å². The summed E-state index contributed by atoms with van der Waals surface area (Å²) in [6, 6.07) is 0. The molecule has 0 aliphatic heterocycles. The molecule has 0 aliphatic rings. The zero-order chi connectivity index (χ0) is 13.9. The molecule has 1 heterocycles. The third kappa shape index (κ3) is 3.70. The van der Waals surface area contributed by atoms with Crippen LogP contribution >= 0.6 is 0 Å². The molecule has 1 amide bonds. The highest BCUT2D eigenvalue weighted by Crippen LogP contribution is 2.21. The standard InChI is InChI=1S/C9H17N5O3S/c1-5(2)7-6(10)8(14-13-7)9(15)12-3-4-18(11,16)17/h5H,3-4,10H2,1-2H3,(H,12,15)(H,13,14)(H2,11,16,17). The third-order valence-corrected chi connectivity index (χ3v) is 3.07. The molecule has 0 unspecified atom stereocenters. The van der Waals surface area contributed by atoms with Crippen LogP contribution in [0.3, 0.4) is 0 Å². The maximum atomic E-state index is 11.7. The van der Waals surface area contributed by atoms with E-state index in [1.165, 1.54) is 0 Å². The van der Waals surface area contributed by atoms with Crippen molar-refractivity contribution in [3.05, 3.63) is 11.4 Å². The van der Waals surface area contributed by atoms with Gasteiger partial charge in [0.15, 0.2) is 5.69 Å². The first-order valence-corrected chi connectivity index (χ1v) is 7.06. The van der Waals surface area contributed by atoms with E-state index in [9.17, 15) is 13.2 Å². The fourth-order valence-corrected chi connectivity index (χ4v) is 1.75. The van der Waals surface area contributed by atoms with Crippen molar-refractivity contribution >= 4 is 21.6 Å². The molecule has 0 saturated heterocycles. The number of carbonyl (C=O) groups excluding carboxylic acids is 1. The normalized spacial score (nSPS) is 11.8. The van der Waals surface area contributed by atoms with E-state index in [2.05, 4.69) is 15.5 Å². The van der Waals surface area contributed by atoms with Crippen LogP contribution in [0.5, 0.6) is 0 Å². The van der Waals surface area contributed by atoms with E-state index >= 15 is 0 Å². The molecule has 0 spiro atoms. The van der Waals surface area contributed by atoms with E-state index in [0.29, 0.717) is 5.69 Å². The minimum atomic E-state index is -3.59. The van der Waals surface area contributed by atoms with Crippen molar-refractivity contribution in [3.63, 3.8) is 0 Å². The molecule has 102 valence electrons. The second kappa shape index (κ2) is 5.36. The highest BCUT2D eigenvalue weighted by molar-refractivity contribution is 7.89. The number of hydrogen-bond donors (Lipinski definition) is 4. The van der Waals surface area contributed by atoms with Crippen molar-refractivity contribution in [2.75, 3.05) is 18.0 Å². The van der Waals surface area contributed by atoms with Crippen LogP contribution in [0.2, 0.25) is 0 Å². The Morgan fingerprint density at radius 3 is 2.56 bits per heavy atom. The number of nitrogen functional groups attached to an aromatic ring is 1. The molecule has 1 aromatic heterocycles. The second-order valence-electron chi connectivity index (χ2n) is 4.18. The molecule has 0 fully saturated rings. The summed E-state index contributed by atoms with van der Waals surface area (Å²) in [6.45, 7) is 3.74. The lowest BCUT2D eigenvalue weighted by atomic mass is 10.1. The van der Waals surface area contributed by atoms with E-state index in [4.69, 9.17) is 10.9 Å². The van der Waals surface area contributed by atoms with Gasteiger partial charge in [-0.25, -0.2) is 13.6 Å². The number of H-pyrrole nitrogens is 1. The van der Waals surface area contributed by atoms with Gasteiger partial charge in [-0.05, 0) is 5.92 Å². The molecule has 1 aromatic rings. The fraction of sp³-hybridized carbons (Fsp3) is 0.556. The summed E-state index contributed by atoms with van der Waals surface area (Å²) in [4.78, 5) is 11.7. The number of aromatic amines is 1. The molecular formula is C9H17N5O3S. The van der Waals surface area contributed by atoms with Crippen molar-refractivity contribution < 1.29 is 13.2 Å². The molecule has 18 heavy (non-hydrogen) atoms. The Labute approximate surface area is 105 Å². The van der Waals surface area contributed by atoms with Gasteiger partial charge in [-0.3, -0.25) is 9.89 Å². The minimum absolute atomic E-state index is 0.0631. The summed E-state index contributed by atoms with van der Waals surface area (Å²) >= 11 is 0. The van der Waals surface area contributed by atoms with E-state index in [1.807, 2.05) is 13.8 Å². The minimum Gasteiger partial charge on any atom is -0.395 e. The number of aromatic nitrogens is 2. The lowest BCUT2D eigenvalue weighted by molar-refractivity contribution is 0.0952. The predicted octanol–water partition coefficient (Wildman–Crippen LogP) is -0.866. The van der Waals surface area contributed by atoms with E-state index in [-0.39, 0.29) is 29.6 Å². The van der Waals surface area contributed by atoms with Crippen LogP contribution in [0.25, 0.3) is 0 Å². The van der Waals surface area contributed by atoms with Crippen molar-refractivity contribution in [1.29, 1.82) is 0 Å². The van der Waals surface area contributed by atoms with Crippen molar-refractivity contribution in [3.8, 4) is 0 Å². The topological polar surface area (TPSA) is 144 Å². The monoisotopic (exact) mass is 275 g/mol. The first kappa shape index (κ1) is 14.5. The maximum Gasteiger partial charge on any atom is 0.273 e. The third-order valence-electron chi connectivity index (χ3n) is 2.30. The zero-order valence-electron chi connectivity index (χ0n) is 10.2. The summed E-state index contributed by atoms with van der Waals surface area (Å²) in [6.07, 6.45) is 0. The fourth-order valence-electron chi connectivity index (χ4n) is 1.37. The number of nitrogens with one attached hydrogen (secondary N) is 2. The number of primary sulfonamides is 1. The van der Waals surface area contributed by atoms with Crippen LogP contribution in [0.15, 0.2) is 0 Å². The Balaban J connectivity index is 2.68. The van der Waals surface area contributed by atoms with Gasteiger partial charge >= 0.3 is 0 Å². The zero-order valence-corrected chi connectivity index (χ0v) is 11.0. The second-order valence-corrected chi connectivity index (χ2v) is 5.91. The first-order valence-electron chi connectivity index (χ1n) is 5.34. The number of amides is 1. The van der Waals surface area contributed by atoms with Gasteiger partial charge in [-0.15, -0.1) is 0 Å². The number of anilines is 1. The molecule has 0 bridgehead atoms. The van der Waals surface area contributed by atoms with Crippen molar-refractivity contribution in [2.24, 2.45) is 5.14 Å². The molecule has 8 nitrogen and oxygen atoms in total. The molecule has 0 atom stereocenters. The van der Waals surface area contributed by atoms with E-state index < -0.39 is 15.9 Å². The summed E-state index contributed by atoms with van der Waals surface area (Å²) in [7, 11) is -3.59. The molecule has 0 saturated carbocycles. The van der Waals surface area contributed by atoms with Crippen LogP contribution in [0, 0.1) is 0 Å². The number of nitrogens with two attached hydrogens (primary N) is 2. The smallest absolute Gasteiger partial charge is 0.273 e. The van der Waals surface area contributed by atoms with Crippen LogP contribution in [0.1, 0.15) is 35.9 Å². The SMILES string of the molecule is CC(C)c1[nH]nc(C(=O)NCCS(N)(=O)=O)c1N. The Morgan fingerprint density at radius 2 is 2.11 bits per heavy atom. The lowest BCUT2D eigenvalue weighted by Gasteiger charge is -2.04. The Kier molecular flexibility index (Phi) is 4.30. The van der Waals surface area contributed by atoms with Gasteiger partial charge in [-0.2, -0.15) is 5.10 Å². The molecule has 1 rings (SSSR count). The average molecular weight is 275 g/mol. The molecule has 9 heteroatoms. The molecule has 6 N–H and O–H groups in total. The van der Waals surface area contributed by atoms with Crippen LogP contribution in [-0.2, 0) is 10.0 Å². The number of nitrogens with zero attached hydrogens (tertiary/aromatic N) is 1. The first-order chi connectivity index (χ1) is 8.22. The highest BCUT2D eigenvalue weighted by Gasteiger charge is 2.18. The van der Waals surface area contributed by atoms with E-state index in [0.717, 1.165) is 0 Å². The van der Waals surface area contributed by atoms with Gasteiger partial charge in [0.1, 0.15) is 0 Å². The summed E-state index contributed by atoms with van der Waals surface area (Å²) in [5.41, 5.74) is 6.78. The van der Waals surface area contributed by atoms with Crippen LogP contribution < -0.4 is 16.2 Å². The Hall–Kier alpha value is -1.61. The number of carbonyl (C=O) groups is 1. The van der Waals surface area contributed by atoms with Gasteiger partial charge in [0.2, 0.25) is 10.0 Å². The predicted molar refractivity (Wildman–Crippen MR) is 67.4 cm³/mol.